The summed E-state index contributed by atoms with van der Waals surface area (Å²) in [5, 5.41) is 33.9. The molecule has 1 atom stereocenters. The minimum absolute atomic E-state index is 0.0419. The smallest absolute Gasteiger partial charge is 0.303 e. The van der Waals surface area contributed by atoms with Crippen LogP contribution in [0.4, 0.5) is 10.3 Å². The predicted molar refractivity (Wildman–Crippen MR) is 271 cm³/mol. The molecule has 17 nitrogen and oxygen atoms in total. The van der Waals surface area contributed by atoms with Crippen LogP contribution in [-0.4, -0.2) is 87.1 Å². The van der Waals surface area contributed by atoms with Crippen LogP contribution >= 0.6 is 22.7 Å². The Hall–Kier alpha value is -8.00. The number of piperidine rings is 1. The molecule has 4 aromatic heterocycles. The number of likely N-dealkylation sites (tertiary alicyclic amines) is 1. The molecule has 0 radical (unpaired) electrons. The summed E-state index contributed by atoms with van der Waals surface area (Å²) in [5.74, 6) is -0.544. The number of hydrogen-bond acceptors (Lipinski definition) is 14. The summed E-state index contributed by atoms with van der Waals surface area (Å²) < 4.78 is 3.04. The largest absolute Gasteiger partial charge is 0.388 e. The van der Waals surface area contributed by atoms with Gasteiger partial charge in [0.1, 0.15) is 11.2 Å². The zero-order chi connectivity index (χ0) is 48.4. The Labute approximate surface area is 409 Å². The number of carbonyl (C=O) groups excluding carboxylic acids is 3. The molecule has 3 amide bonds. The van der Waals surface area contributed by atoms with Crippen molar-refractivity contribution in [2.75, 3.05) is 23.5 Å². The van der Waals surface area contributed by atoms with E-state index in [2.05, 4.69) is 36.0 Å². The topological polar surface area (TPSA) is 205 Å². The SMILES string of the molecule is CC(CC(=O)N1CCC(O)(Cn2cnc3c(-c4ccc(CNC(=O)c5ccc(-c6csc(N7N=C(c8ccccc8)/C(=N\Nc8nccs8)C7=O)n6)cc5)cc4)n(C)nc3c2=O)CC1)c1ccccc1. The van der Waals surface area contributed by atoms with Crippen LogP contribution in [0.25, 0.3) is 33.5 Å². The monoisotopic (exact) mass is 970 g/mol. The van der Waals surface area contributed by atoms with E-state index in [0.29, 0.717) is 70.8 Å². The second-order valence-corrected chi connectivity index (χ2v) is 19.0. The highest BCUT2D eigenvalue weighted by Crippen LogP contribution is 2.32. The van der Waals surface area contributed by atoms with Gasteiger partial charge in [0.2, 0.25) is 16.2 Å². The molecule has 70 heavy (non-hydrogen) atoms. The van der Waals surface area contributed by atoms with E-state index in [9.17, 15) is 24.3 Å². The van der Waals surface area contributed by atoms with Crippen LogP contribution in [-0.2, 0) is 29.7 Å². The van der Waals surface area contributed by atoms with Crippen LogP contribution in [0, 0.1) is 0 Å². The number of aromatic nitrogens is 6. The van der Waals surface area contributed by atoms with Crippen LogP contribution in [0.2, 0.25) is 0 Å². The van der Waals surface area contributed by atoms with Crippen molar-refractivity contribution in [3.8, 4) is 22.5 Å². The number of hydrazone groups is 2. The van der Waals surface area contributed by atoms with Crippen LogP contribution in [0.15, 0.2) is 147 Å². The van der Waals surface area contributed by atoms with Crippen molar-refractivity contribution < 1.29 is 19.5 Å². The maximum atomic E-state index is 13.8. The Morgan fingerprint density at radius 3 is 2.29 bits per heavy atom. The number of hydrogen-bond donors (Lipinski definition) is 3. The van der Waals surface area contributed by atoms with Crippen LogP contribution in [0.3, 0.4) is 0 Å². The quantitative estimate of drug-likeness (QED) is 0.0946. The Bertz CT molecular complexity index is 3330. The van der Waals surface area contributed by atoms with Gasteiger partial charge in [-0.25, -0.2) is 15.0 Å². The first-order valence-electron chi connectivity index (χ1n) is 22.6. The van der Waals surface area contributed by atoms with Crippen molar-refractivity contribution in [2.24, 2.45) is 17.3 Å². The van der Waals surface area contributed by atoms with Crippen LogP contribution < -0.4 is 21.3 Å². The number of carbonyl (C=O) groups is 3. The Kier molecular flexibility index (Phi) is 12.8. The molecule has 3 N–H and O–H groups in total. The average molecular weight is 971 g/mol. The summed E-state index contributed by atoms with van der Waals surface area (Å²) >= 11 is 2.63. The average Bonchev–Trinajstić information content (AvgIpc) is 4.22. The second-order valence-electron chi connectivity index (χ2n) is 17.3. The molecule has 0 aliphatic carbocycles. The van der Waals surface area contributed by atoms with E-state index in [1.807, 2.05) is 115 Å². The minimum Gasteiger partial charge on any atom is -0.388 e. The van der Waals surface area contributed by atoms with Crippen LogP contribution in [0.1, 0.15) is 59.2 Å². The lowest BCUT2D eigenvalue weighted by molar-refractivity contribution is -0.136. The van der Waals surface area contributed by atoms with Gasteiger partial charge in [-0.1, -0.05) is 104 Å². The van der Waals surface area contributed by atoms with Gasteiger partial charge in [0, 0.05) is 72.3 Å². The number of aliphatic hydroxyl groups is 1. The summed E-state index contributed by atoms with van der Waals surface area (Å²) in [6.45, 7) is 3.17. The molecule has 1 unspecified atom stereocenters. The van der Waals surface area contributed by atoms with E-state index < -0.39 is 11.5 Å². The van der Waals surface area contributed by atoms with Gasteiger partial charge in [-0.05, 0) is 42.0 Å². The Balaban J connectivity index is 0.747. The van der Waals surface area contributed by atoms with Gasteiger partial charge in [-0.2, -0.15) is 20.3 Å². The summed E-state index contributed by atoms with van der Waals surface area (Å²) in [5.41, 5.74) is 8.51. The number of amides is 3. The summed E-state index contributed by atoms with van der Waals surface area (Å²) in [7, 11) is 1.76. The molecule has 6 heterocycles. The predicted octanol–water partition coefficient (Wildman–Crippen LogP) is 7.07. The standard InChI is InChI=1S/C51H46N12O5S2/c1-32(34-9-5-3-6-10-34)27-40(64)61-24-21-51(68,22-25-61)30-62-31-54-42-44(47(62)66)58-60(2)45(42)37-15-13-33(14-16-37)28-53-46(65)38-19-17-35(18-20-38)39-29-70-50(55-39)63-48(67)43(56-57-49-52-23-26-69-49)41(59-63)36-11-7-4-8-12-36/h3-20,23,26,29,31-32,68H,21-22,24-25,27-28,30H2,1-2H3,(H,52,57)(H,53,65)/b56-43+. The van der Waals surface area contributed by atoms with Crippen molar-refractivity contribution in [3.63, 3.8) is 0 Å². The third-order valence-corrected chi connectivity index (χ3v) is 14.0. The van der Waals surface area contributed by atoms with Crippen molar-refractivity contribution in [1.82, 2.24) is 39.5 Å². The molecule has 352 valence electrons. The fourth-order valence-corrected chi connectivity index (χ4v) is 9.87. The first-order valence-corrected chi connectivity index (χ1v) is 24.4. The summed E-state index contributed by atoms with van der Waals surface area (Å²) in [6, 6.07) is 34.0. The molecule has 10 rings (SSSR count). The number of rotatable bonds is 14. The maximum Gasteiger partial charge on any atom is 0.303 e. The number of thiazole rings is 2. The van der Waals surface area contributed by atoms with E-state index in [-0.39, 0.29) is 47.6 Å². The second kappa shape index (κ2) is 19.5. The van der Waals surface area contributed by atoms with Gasteiger partial charge in [0.05, 0.1) is 29.9 Å². The minimum atomic E-state index is -1.18. The fourth-order valence-electron chi connectivity index (χ4n) is 8.62. The van der Waals surface area contributed by atoms with E-state index in [1.165, 1.54) is 38.6 Å². The van der Waals surface area contributed by atoms with Gasteiger partial charge in [0.15, 0.2) is 11.2 Å². The van der Waals surface area contributed by atoms with Gasteiger partial charge in [-0.3, -0.25) is 33.9 Å². The molecular formula is C51H46N12O5S2. The summed E-state index contributed by atoms with van der Waals surface area (Å²) in [6.07, 6.45) is 4.18. The van der Waals surface area contributed by atoms with Gasteiger partial charge in [0.25, 0.3) is 11.5 Å². The highest BCUT2D eigenvalue weighted by Gasteiger charge is 2.37. The number of anilines is 2. The van der Waals surface area contributed by atoms with Crippen LogP contribution in [0.5, 0.6) is 0 Å². The molecule has 8 aromatic rings. The zero-order valence-electron chi connectivity index (χ0n) is 38.1. The third-order valence-electron chi connectivity index (χ3n) is 12.5. The number of aryl methyl sites for hydroxylation is 1. The highest BCUT2D eigenvalue weighted by atomic mass is 32.1. The molecule has 1 fully saturated rings. The molecule has 1 saturated heterocycles. The fraction of sp³-hybridized carbons (Fsp3) is 0.216. The molecule has 2 aliphatic heterocycles. The first-order chi connectivity index (χ1) is 34.0. The highest BCUT2D eigenvalue weighted by molar-refractivity contribution is 7.14. The van der Waals surface area contributed by atoms with Crippen molar-refractivity contribution >= 4 is 73.1 Å². The zero-order valence-corrected chi connectivity index (χ0v) is 39.7. The number of nitrogens with one attached hydrogen (secondary N) is 2. The third kappa shape index (κ3) is 9.54. The van der Waals surface area contributed by atoms with Gasteiger partial charge < -0.3 is 15.3 Å². The van der Waals surface area contributed by atoms with Crippen molar-refractivity contribution in [3.05, 3.63) is 165 Å². The lowest BCUT2D eigenvalue weighted by atomic mass is 9.90. The lowest BCUT2D eigenvalue weighted by Crippen LogP contribution is -2.49. The summed E-state index contributed by atoms with van der Waals surface area (Å²) in [4.78, 5) is 69.2. The Morgan fingerprint density at radius 1 is 0.857 bits per heavy atom. The normalized spacial score (nSPS) is 15.6. The lowest BCUT2D eigenvalue weighted by Gasteiger charge is -2.38. The molecule has 0 saturated carbocycles. The molecule has 19 heteroatoms. The number of fused-ring (bicyclic) bond motifs is 1. The molecule has 0 bridgehead atoms. The van der Waals surface area contributed by atoms with E-state index in [4.69, 9.17) is 4.98 Å². The van der Waals surface area contributed by atoms with Crippen molar-refractivity contribution in [2.45, 2.75) is 50.8 Å². The van der Waals surface area contributed by atoms with E-state index in [0.717, 1.165) is 27.8 Å². The van der Waals surface area contributed by atoms with E-state index >= 15 is 0 Å². The van der Waals surface area contributed by atoms with Crippen molar-refractivity contribution in [1.29, 1.82) is 0 Å². The Morgan fingerprint density at radius 2 is 1.57 bits per heavy atom. The molecular weight excluding hydrogens is 925 g/mol. The molecule has 2 aliphatic rings. The number of nitrogens with zero attached hydrogens (tertiary/aromatic N) is 10. The van der Waals surface area contributed by atoms with Gasteiger partial charge >= 0.3 is 5.91 Å². The van der Waals surface area contributed by atoms with E-state index in [1.54, 1.807) is 35.0 Å². The van der Waals surface area contributed by atoms with Gasteiger partial charge in [-0.15, -0.1) is 22.7 Å². The molecule has 4 aromatic carbocycles. The maximum absolute atomic E-state index is 13.8. The first kappa shape index (κ1) is 45.8. The molecule has 0 spiro atoms. The number of benzene rings is 4.